The third-order valence-electron chi connectivity index (χ3n) is 10.6. The highest BCUT2D eigenvalue weighted by Gasteiger charge is 2.61. The number of aliphatic hydroxyl groups is 2. The summed E-state index contributed by atoms with van der Waals surface area (Å²) < 4.78 is 0. The molecule has 4 aliphatic rings. The van der Waals surface area contributed by atoms with Gasteiger partial charge in [0.1, 0.15) is 0 Å². The van der Waals surface area contributed by atoms with Gasteiger partial charge in [-0.3, -0.25) is 0 Å². The van der Waals surface area contributed by atoms with Gasteiger partial charge in [0.2, 0.25) is 0 Å². The molecule has 3 fully saturated rings. The molecule has 8 atom stereocenters. The standard InChI is InChI=1S/C29H42O2S/c1-19-5-4-6-20(15-19)17-29(31,18-32)26-10-9-24-23-8-7-21-16-22(30)11-13-27(21,2)25(23)12-14-28(24,26)3/h4-7,15,22-26,30-32H,8-14,16-18H2,1-3H3/t22?,23?,24?,25?,26?,27?,28?,29-/m1/s1. The number of thiol groups is 1. The summed E-state index contributed by atoms with van der Waals surface area (Å²) in [6.45, 7) is 7.13. The Labute approximate surface area is 200 Å². The van der Waals surface area contributed by atoms with Crippen molar-refractivity contribution < 1.29 is 10.2 Å². The molecule has 0 spiro atoms. The lowest BCUT2D eigenvalue weighted by Crippen LogP contribution is -2.54. The summed E-state index contributed by atoms with van der Waals surface area (Å²) in [6.07, 6.45) is 12.1. The van der Waals surface area contributed by atoms with Crippen molar-refractivity contribution in [2.24, 2.45) is 34.5 Å². The highest BCUT2D eigenvalue weighted by molar-refractivity contribution is 7.80. The number of aliphatic hydroxyl groups excluding tert-OH is 1. The zero-order valence-corrected chi connectivity index (χ0v) is 21.1. The van der Waals surface area contributed by atoms with Crippen LogP contribution in [0.2, 0.25) is 0 Å². The molecule has 2 nitrogen and oxygen atoms in total. The van der Waals surface area contributed by atoms with Gasteiger partial charge in [-0.1, -0.05) is 55.3 Å². The van der Waals surface area contributed by atoms with Crippen molar-refractivity contribution in [2.75, 3.05) is 5.75 Å². The lowest BCUT2D eigenvalue weighted by atomic mass is 9.46. The van der Waals surface area contributed by atoms with E-state index in [4.69, 9.17) is 12.6 Å². The average molecular weight is 455 g/mol. The first kappa shape index (κ1) is 23.0. The number of hydrogen-bond donors (Lipinski definition) is 3. The van der Waals surface area contributed by atoms with Gasteiger partial charge in [-0.05, 0) is 98.4 Å². The number of hydrogen-bond acceptors (Lipinski definition) is 3. The molecule has 0 heterocycles. The van der Waals surface area contributed by atoms with E-state index in [0.717, 1.165) is 37.5 Å². The first-order valence-electron chi connectivity index (χ1n) is 13.0. The summed E-state index contributed by atoms with van der Waals surface area (Å²) in [6, 6.07) is 8.64. The van der Waals surface area contributed by atoms with Crippen LogP contribution in [-0.4, -0.2) is 27.7 Å². The van der Waals surface area contributed by atoms with E-state index in [9.17, 15) is 10.2 Å². The molecule has 1 aromatic rings. The van der Waals surface area contributed by atoms with Crippen molar-refractivity contribution in [3.8, 4) is 0 Å². The molecule has 0 amide bonds. The molecule has 4 aliphatic carbocycles. The van der Waals surface area contributed by atoms with Gasteiger partial charge in [-0.15, -0.1) is 0 Å². The van der Waals surface area contributed by atoms with Gasteiger partial charge in [0, 0.05) is 12.2 Å². The second kappa shape index (κ2) is 8.17. The first-order chi connectivity index (χ1) is 15.2. The van der Waals surface area contributed by atoms with Crippen LogP contribution in [0.4, 0.5) is 0 Å². The van der Waals surface area contributed by atoms with Crippen molar-refractivity contribution in [3.63, 3.8) is 0 Å². The van der Waals surface area contributed by atoms with Crippen molar-refractivity contribution >= 4 is 12.6 Å². The van der Waals surface area contributed by atoms with E-state index in [-0.39, 0.29) is 16.9 Å². The van der Waals surface area contributed by atoms with Crippen molar-refractivity contribution in [1.82, 2.24) is 0 Å². The van der Waals surface area contributed by atoms with Crippen molar-refractivity contribution in [2.45, 2.75) is 90.3 Å². The molecule has 5 rings (SSSR count). The quantitative estimate of drug-likeness (QED) is 0.378. The van der Waals surface area contributed by atoms with E-state index in [1.807, 2.05) is 0 Å². The molecule has 7 unspecified atom stereocenters. The summed E-state index contributed by atoms with van der Waals surface area (Å²) in [4.78, 5) is 0. The van der Waals surface area contributed by atoms with E-state index < -0.39 is 5.60 Å². The van der Waals surface area contributed by atoms with E-state index in [1.165, 1.54) is 36.8 Å². The monoisotopic (exact) mass is 454 g/mol. The smallest absolute Gasteiger partial charge is 0.0808 e. The Hall–Kier alpha value is -0.770. The predicted molar refractivity (Wildman–Crippen MR) is 135 cm³/mol. The molecule has 2 N–H and O–H groups in total. The Bertz CT molecular complexity index is 895. The molecule has 0 aromatic heterocycles. The summed E-state index contributed by atoms with van der Waals surface area (Å²) in [5.74, 6) is 3.00. The SMILES string of the molecule is Cc1cccc(C[C@@](O)(CS)C2CCC3C4CC=C5CC(O)CCC5(C)C4CCC32C)c1. The lowest BCUT2D eigenvalue weighted by Gasteiger charge is -2.59. The number of aryl methyl sites for hydroxylation is 1. The van der Waals surface area contributed by atoms with E-state index in [2.05, 4.69) is 51.1 Å². The number of allylic oxidation sites excluding steroid dienone is 1. The van der Waals surface area contributed by atoms with Gasteiger partial charge in [0.05, 0.1) is 11.7 Å². The molecular formula is C29H42O2S. The third-order valence-corrected chi connectivity index (χ3v) is 11.1. The topological polar surface area (TPSA) is 40.5 Å². The maximum atomic E-state index is 12.0. The van der Waals surface area contributed by atoms with Gasteiger partial charge in [-0.2, -0.15) is 12.6 Å². The van der Waals surface area contributed by atoms with Crippen LogP contribution < -0.4 is 0 Å². The predicted octanol–water partition coefficient (Wildman–Crippen LogP) is 6.14. The van der Waals surface area contributed by atoms with E-state index in [1.54, 1.807) is 5.57 Å². The van der Waals surface area contributed by atoms with Crippen molar-refractivity contribution in [1.29, 1.82) is 0 Å². The molecule has 32 heavy (non-hydrogen) atoms. The van der Waals surface area contributed by atoms with Crippen LogP contribution in [0.5, 0.6) is 0 Å². The molecule has 0 radical (unpaired) electrons. The third kappa shape index (κ3) is 3.53. The summed E-state index contributed by atoms with van der Waals surface area (Å²) in [5.41, 5.74) is 3.77. The fourth-order valence-electron chi connectivity index (χ4n) is 8.99. The Morgan fingerprint density at radius 2 is 1.91 bits per heavy atom. The Morgan fingerprint density at radius 1 is 1.09 bits per heavy atom. The molecule has 3 heteroatoms. The van der Waals surface area contributed by atoms with Crippen molar-refractivity contribution in [3.05, 3.63) is 47.0 Å². The fraction of sp³-hybridized carbons (Fsp3) is 0.724. The molecule has 0 bridgehead atoms. The van der Waals surface area contributed by atoms with Crippen LogP contribution in [-0.2, 0) is 6.42 Å². The van der Waals surface area contributed by atoms with Gasteiger partial charge in [0.25, 0.3) is 0 Å². The Balaban J connectivity index is 1.42. The van der Waals surface area contributed by atoms with Gasteiger partial charge < -0.3 is 10.2 Å². The Kier molecular flexibility index (Phi) is 5.87. The van der Waals surface area contributed by atoms with Crippen LogP contribution in [0.15, 0.2) is 35.9 Å². The summed E-state index contributed by atoms with van der Waals surface area (Å²) in [5, 5.41) is 22.3. The van der Waals surface area contributed by atoms with Crippen LogP contribution >= 0.6 is 12.6 Å². The fourth-order valence-corrected chi connectivity index (χ4v) is 9.32. The molecule has 1 aromatic carbocycles. The summed E-state index contributed by atoms with van der Waals surface area (Å²) >= 11 is 4.72. The maximum Gasteiger partial charge on any atom is 0.0808 e. The normalized spacial score (nSPS) is 42.9. The second-order valence-electron chi connectivity index (χ2n) is 12.3. The van der Waals surface area contributed by atoms with Gasteiger partial charge >= 0.3 is 0 Å². The minimum atomic E-state index is -0.748. The molecule has 176 valence electrons. The van der Waals surface area contributed by atoms with Crippen LogP contribution in [0, 0.1) is 41.4 Å². The van der Waals surface area contributed by atoms with Gasteiger partial charge in [-0.25, -0.2) is 0 Å². The first-order valence-corrected chi connectivity index (χ1v) is 13.6. The van der Waals surface area contributed by atoms with Gasteiger partial charge in [0.15, 0.2) is 0 Å². The zero-order valence-electron chi connectivity index (χ0n) is 20.2. The Morgan fingerprint density at radius 3 is 2.66 bits per heavy atom. The molecule has 0 saturated heterocycles. The van der Waals surface area contributed by atoms with E-state index in [0.29, 0.717) is 24.0 Å². The maximum absolute atomic E-state index is 12.0. The van der Waals surface area contributed by atoms with E-state index >= 15 is 0 Å². The van der Waals surface area contributed by atoms with Crippen LogP contribution in [0.25, 0.3) is 0 Å². The van der Waals surface area contributed by atoms with Crippen LogP contribution in [0.1, 0.15) is 76.3 Å². The number of benzene rings is 1. The number of fused-ring (bicyclic) bond motifs is 5. The summed E-state index contributed by atoms with van der Waals surface area (Å²) in [7, 11) is 0. The lowest BCUT2D eigenvalue weighted by molar-refractivity contribution is -0.0993. The molecule has 3 saturated carbocycles. The van der Waals surface area contributed by atoms with Crippen LogP contribution in [0.3, 0.4) is 0 Å². The minimum Gasteiger partial charge on any atom is -0.393 e. The largest absolute Gasteiger partial charge is 0.393 e. The highest BCUT2D eigenvalue weighted by Crippen LogP contribution is 2.67. The average Bonchev–Trinajstić information content (AvgIpc) is 3.12. The highest BCUT2D eigenvalue weighted by atomic mass is 32.1. The minimum absolute atomic E-state index is 0.136. The second-order valence-corrected chi connectivity index (χ2v) is 12.6. The molecule has 0 aliphatic heterocycles. The molecular weight excluding hydrogens is 412 g/mol. The number of rotatable bonds is 4. The zero-order chi connectivity index (χ0) is 22.7.